The summed E-state index contributed by atoms with van der Waals surface area (Å²) in [7, 11) is 0. The summed E-state index contributed by atoms with van der Waals surface area (Å²) in [5.41, 5.74) is 1.27. The van der Waals surface area contributed by atoms with Crippen molar-refractivity contribution in [2.45, 2.75) is 0 Å². The van der Waals surface area contributed by atoms with Crippen LogP contribution in [0.15, 0.2) is 35.1 Å². The topological polar surface area (TPSA) is 34.9 Å². The van der Waals surface area contributed by atoms with E-state index in [4.69, 9.17) is 11.6 Å². The van der Waals surface area contributed by atoms with Gasteiger partial charge in [0.2, 0.25) is 0 Å². The fraction of sp³-hybridized carbons (Fsp3) is 0. The highest BCUT2D eigenvalue weighted by molar-refractivity contribution is 9.10. The molecule has 0 fully saturated rings. The second-order valence-electron chi connectivity index (χ2n) is 2.93. The Morgan fingerprint density at radius 3 is 2.87 bits per heavy atom. The number of carbonyl (C=O) groups is 1. The Morgan fingerprint density at radius 2 is 2.27 bits per heavy atom. The zero-order valence-electron chi connectivity index (χ0n) is 7.52. The molecule has 1 heterocycles. The Kier molecular flexibility index (Phi) is 2.88. The molecule has 0 N–H and O–H groups in total. The van der Waals surface area contributed by atoms with Crippen LogP contribution < -0.4 is 0 Å². The first-order valence-electron chi connectivity index (χ1n) is 4.16. The number of nitrogens with zero attached hydrogens (tertiary/aromatic N) is 2. The quantitative estimate of drug-likeness (QED) is 0.795. The average Bonchev–Trinajstić information content (AvgIpc) is 2.66. The van der Waals surface area contributed by atoms with Gasteiger partial charge in [-0.05, 0) is 18.2 Å². The van der Waals surface area contributed by atoms with E-state index in [0.29, 0.717) is 10.6 Å². The number of rotatable bonds is 2. The first-order valence-corrected chi connectivity index (χ1v) is 5.33. The summed E-state index contributed by atoms with van der Waals surface area (Å²) in [4.78, 5) is 10.5. The largest absolute Gasteiger partial charge is 0.298 e. The number of aldehydes is 1. The summed E-state index contributed by atoms with van der Waals surface area (Å²) in [6.07, 6.45) is 3.86. The second kappa shape index (κ2) is 4.16. The standard InChI is InChI=1S/C10H6BrClN2O/c11-8-1-2-10(9(12)3-8)14-5-7(6-15)4-13-14/h1-6H. The second-order valence-corrected chi connectivity index (χ2v) is 4.25. The smallest absolute Gasteiger partial charge is 0.153 e. The summed E-state index contributed by atoms with van der Waals surface area (Å²) in [6, 6.07) is 5.47. The first kappa shape index (κ1) is 10.4. The number of hydrogen-bond donors (Lipinski definition) is 0. The summed E-state index contributed by atoms with van der Waals surface area (Å²) in [5, 5.41) is 4.61. The maximum absolute atomic E-state index is 10.5. The molecule has 0 saturated carbocycles. The number of benzene rings is 1. The maximum atomic E-state index is 10.5. The lowest BCUT2D eigenvalue weighted by atomic mass is 10.3. The summed E-state index contributed by atoms with van der Waals surface area (Å²) in [5.74, 6) is 0. The van der Waals surface area contributed by atoms with Gasteiger partial charge in [0.15, 0.2) is 6.29 Å². The van der Waals surface area contributed by atoms with E-state index in [1.54, 1.807) is 16.9 Å². The predicted molar refractivity (Wildman–Crippen MR) is 61.7 cm³/mol. The van der Waals surface area contributed by atoms with Gasteiger partial charge in [0.05, 0.1) is 22.5 Å². The molecule has 0 aliphatic heterocycles. The Bertz CT molecular complexity index is 510. The molecule has 2 aromatic rings. The minimum atomic E-state index is 0.522. The SMILES string of the molecule is O=Cc1cnn(-c2ccc(Br)cc2Cl)c1. The molecule has 76 valence electrons. The highest BCUT2D eigenvalue weighted by Gasteiger charge is 2.04. The minimum absolute atomic E-state index is 0.522. The Balaban J connectivity index is 2.49. The van der Waals surface area contributed by atoms with Crippen molar-refractivity contribution in [1.29, 1.82) is 0 Å². The van der Waals surface area contributed by atoms with Gasteiger partial charge in [0.25, 0.3) is 0 Å². The van der Waals surface area contributed by atoms with Gasteiger partial charge in [-0.1, -0.05) is 27.5 Å². The van der Waals surface area contributed by atoms with Crippen LogP contribution in [-0.4, -0.2) is 16.1 Å². The van der Waals surface area contributed by atoms with Crippen molar-refractivity contribution < 1.29 is 4.79 Å². The van der Waals surface area contributed by atoms with Gasteiger partial charge in [-0.2, -0.15) is 5.10 Å². The van der Waals surface area contributed by atoms with E-state index in [9.17, 15) is 4.79 Å². The van der Waals surface area contributed by atoms with Crippen LogP contribution in [0.2, 0.25) is 5.02 Å². The Morgan fingerprint density at radius 1 is 1.47 bits per heavy atom. The lowest BCUT2D eigenvalue weighted by molar-refractivity contribution is 0.112. The molecular formula is C10H6BrClN2O. The van der Waals surface area contributed by atoms with Crippen LogP contribution in [0, 0.1) is 0 Å². The minimum Gasteiger partial charge on any atom is -0.298 e. The molecule has 3 nitrogen and oxygen atoms in total. The normalized spacial score (nSPS) is 10.3. The first-order chi connectivity index (χ1) is 7.20. The van der Waals surface area contributed by atoms with Crippen molar-refractivity contribution in [3.63, 3.8) is 0 Å². The molecule has 15 heavy (non-hydrogen) atoms. The molecule has 0 amide bonds. The summed E-state index contributed by atoms with van der Waals surface area (Å²) in [6.45, 7) is 0. The average molecular weight is 286 g/mol. The van der Waals surface area contributed by atoms with Crippen molar-refractivity contribution in [1.82, 2.24) is 9.78 Å². The Labute approximate surface area is 99.8 Å². The number of carbonyl (C=O) groups excluding carboxylic acids is 1. The van der Waals surface area contributed by atoms with Crippen molar-refractivity contribution in [3.8, 4) is 5.69 Å². The number of hydrogen-bond acceptors (Lipinski definition) is 2. The molecule has 0 aliphatic carbocycles. The summed E-state index contributed by atoms with van der Waals surface area (Å²) >= 11 is 9.35. The van der Waals surface area contributed by atoms with Crippen LogP contribution in [0.4, 0.5) is 0 Å². The van der Waals surface area contributed by atoms with Crippen LogP contribution in [0.3, 0.4) is 0 Å². The van der Waals surface area contributed by atoms with Gasteiger partial charge in [0.1, 0.15) is 0 Å². The number of halogens is 2. The van der Waals surface area contributed by atoms with Crippen molar-refractivity contribution in [3.05, 3.63) is 45.7 Å². The van der Waals surface area contributed by atoms with E-state index in [1.165, 1.54) is 6.20 Å². The van der Waals surface area contributed by atoms with Crippen LogP contribution >= 0.6 is 27.5 Å². The molecule has 0 spiro atoms. The van der Waals surface area contributed by atoms with Crippen LogP contribution in [-0.2, 0) is 0 Å². The highest BCUT2D eigenvalue weighted by Crippen LogP contribution is 2.24. The van der Waals surface area contributed by atoms with Crippen LogP contribution in [0.5, 0.6) is 0 Å². The lowest BCUT2D eigenvalue weighted by Gasteiger charge is -2.03. The molecule has 5 heteroatoms. The van der Waals surface area contributed by atoms with Gasteiger partial charge in [0, 0.05) is 10.7 Å². The highest BCUT2D eigenvalue weighted by atomic mass is 79.9. The fourth-order valence-corrected chi connectivity index (χ4v) is 1.96. The number of aromatic nitrogens is 2. The predicted octanol–water partition coefficient (Wildman–Crippen LogP) is 3.10. The van der Waals surface area contributed by atoms with E-state index in [1.807, 2.05) is 12.1 Å². The third-order valence-corrected chi connectivity index (χ3v) is 2.69. The molecule has 2 rings (SSSR count). The molecule has 1 aromatic carbocycles. The molecule has 0 aliphatic rings. The third-order valence-electron chi connectivity index (χ3n) is 1.90. The molecule has 0 saturated heterocycles. The Hall–Kier alpha value is -1.13. The molecule has 0 unspecified atom stereocenters. The molecule has 0 bridgehead atoms. The van der Waals surface area contributed by atoms with Gasteiger partial charge in [-0.3, -0.25) is 4.79 Å². The molecule has 1 aromatic heterocycles. The summed E-state index contributed by atoms with van der Waals surface area (Å²) < 4.78 is 2.47. The monoisotopic (exact) mass is 284 g/mol. The van der Waals surface area contributed by atoms with Crippen molar-refractivity contribution in [2.75, 3.05) is 0 Å². The molecular weight excluding hydrogens is 279 g/mol. The molecule has 0 atom stereocenters. The van der Waals surface area contributed by atoms with Crippen molar-refractivity contribution in [2.24, 2.45) is 0 Å². The van der Waals surface area contributed by atoms with Gasteiger partial charge in [-0.25, -0.2) is 4.68 Å². The van der Waals surface area contributed by atoms with E-state index >= 15 is 0 Å². The van der Waals surface area contributed by atoms with Crippen LogP contribution in [0.25, 0.3) is 5.69 Å². The van der Waals surface area contributed by atoms with Gasteiger partial charge in [-0.15, -0.1) is 0 Å². The van der Waals surface area contributed by atoms with E-state index in [0.717, 1.165) is 16.4 Å². The lowest BCUT2D eigenvalue weighted by Crippen LogP contribution is -1.94. The van der Waals surface area contributed by atoms with Gasteiger partial charge < -0.3 is 0 Å². The van der Waals surface area contributed by atoms with E-state index in [2.05, 4.69) is 21.0 Å². The van der Waals surface area contributed by atoms with E-state index in [-0.39, 0.29) is 0 Å². The zero-order valence-corrected chi connectivity index (χ0v) is 9.86. The van der Waals surface area contributed by atoms with Crippen molar-refractivity contribution >= 4 is 33.8 Å². The maximum Gasteiger partial charge on any atom is 0.153 e. The zero-order chi connectivity index (χ0) is 10.8. The fourth-order valence-electron chi connectivity index (χ4n) is 1.20. The van der Waals surface area contributed by atoms with Gasteiger partial charge >= 0.3 is 0 Å². The van der Waals surface area contributed by atoms with E-state index < -0.39 is 0 Å². The van der Waals surface area contributed by atoms with Crippen LogP contribution in [0.1, 0.15) is 10.4 Å². The molecule has 0 radical (unpaired) electrons. The third kappa shape index (κ3) is 2.11.